The number of nitrogens with zero attached hydrogens (tertiary/aromatic N) is 3. The van der Waals surface area contributed by atoms with E-state index in [0.29, 0.717) is 0 Å². The summed E-state index contributed by atoms with van der Waals surface area (Å²) in [7, 11) is 1.97. The molecule has 0 spiro atoms. The molecule has 2 rings (SSSR count). The summed E-state index contributed by atoms with van der Waals surface area (Å²) in [6.07, 6.45) is 1.78. The molecule has 82 valence electrons. The molecule has 0 aliphatic rings. The molecule has 0 aliphatic heterocycles. The molecule has 0 atom stereocenters. The van der Waals surface area contributed by atoms with Gasteiger partial charge in [-0.05, 0) is 32.0 Å². The van der Waals surface area contributed by atoms with Crippen LogP contribution in [0, 0.1) is 13.8 Å². The van der Waals surface area contributed by atoms with Crippen LogP contribution in [0.15, 0.2) is 36.5 Å². The van der Waals surface area contributed by atoms with E-state index in [9.17, 15) is 0 Å². The van der Waals surface area contributed by atoms with E-state index in [0.717, 1.165) is 17.3 Å². The molecule has 0 radical (unpaired) electrons. The number of aromatic nitrogens is 2. The molecule has 1 aromatic heterocycles. The van der Waals surface area contributed by atoms with Crippen LogP contribution in [-0.2, 0) is 0 Å². The lowest BCUT2D eigenvalue weighted by atomic mass is 10.2. The highest BCUT2D eigenvalue weighted by atomic mass is 15.2. The SMILES string of the molecule is Cc1ccc(N(C)c2nccc(C)n2)cc1. The Bertz CT molecular complexity index is 477. The Kier molecular flexibility index (Phi) is 2.86. The summed E-state index contributed by atoms with van der Waals surface area (Å²) in [4.78, 5) is 10.6. The van der Waals surface area contributed by atoms with Gasteiger partial charge in [-0.25, -0.2) is 9.97 Å². The van der Waals surface area contributed by atoms with Crippen LogP contribution in [0.2, 0.25) is 0 Å². The number of hydrogen-bond acceptors (Lipinski definition) is 3. The molecule has 0 amide bonds. The number of anilines is 2. The van der Waals surface area contributed by atoms with Gasteiger partial charge in [0.2, 0.25) is 5.95 Å². The van der Waals surface area contributed by atoms with Crippen LogP contribution in [0.5, 0.6) is 0 Å². The highest BCUT2D eigenvalue weighted by Gasteiger charge is 2.05. The highest BCUT2D eigenvalue weighted by molar-refractivity contribution is 5.56. The van der Waals surface area contributed by atoms with Crippen molar-refractivity contribution in [3.05, 3.63) is 47.8 Å². The van der Waals surface area contributed by atoms with E-state index in [-0.39, 0.29) is 0 Å². The van der Waals surface area contributed by atoms with Crippen LogP contribution in [0.4, 0.5) is 11.6 Å². The van der Waals surface area contributed by atoms with Crippen LogP contribution in [0.3, 0.4) is 0 Å². The normalized spacial score (nSPS) is 10.2. The van der Waals surface area contributed by atoms with E-state index < -0.39 is 0 Å². The summed E-state index contributed by atoms with van der Waals surface area (Å²) in [6, 6.07) is 10.2. The van der Waals surface area contributed by atoms with Crippen molar-refractivity contribution in [2.75, 3.05) is 11.9 Å². The lowest BCUT2D eigenvalue weighted by Gasteiger charge is -2.17. The molecule has 0 fully saturated rings. The molecule has 1 aromatic carbocycles. The summed E-state index contributed by atoms with van der Waals surface area (Å²) in [5.41, 5.74) is 3.32. The molecule has 0 bridgehead atoms. The van der Waals surface area contributed by atoms with Gasteiger partial charge in [-0.15, -0.1) is 0 Å². The second-order valence-electron chi connectivity index (χ2n) is 3.89. The molecule has 2 aromatic rings. The van der Waals surface area contributed by atoms with Crippen LogP contribution < -0.4 is 4.90 Å². The van der Waals surface area contributed by atoms with Crippen LogP contribution in [0.1, 0.15) is 11.3 Å². The lowest BCUT2D eigenvalue weighted by Crippen LogP contribution is -2.13. The summed E-state index contributed by atoms with van der Waals surface area (Å²) >= 11 is 0. The minimum atomic E-state index is 0.726. The van der Waals surface area contributed by atoms with Gasteiger partial charge in [0.25, 0.3) is 0 Å². The van der Waals surface area contributed by atoms with Crippen molar-refractivity contribution < 1.29 is 0 Å². The number of hydrogen-bond donors (Lipinski definition) is 0. The number of rotatable bonds is 2. The Hall–Kier alpha value is -1.90. The van der Waals surface area contributed by atoms with Crippen LogP contribution in [0.25, 0.3) is 0 Å². The average Bonchev–Trinajstić information content (AvgIpc) is 2.29. The van der Waals surface area contributed by atoms with Gasteiger partial charge in [0, 0.05) is 24.6 Å². The molecular formula is C13H15N3. The van der Waals surface area contributed by atoms with Crippen molar-refractivity contribution in [3.63, 3.8) is 0 Å². The Labute approximate surface area is 95.8 Å². The monoisotopic (exact) mass is 213 g/mol. The van der Waals surface area contributed by atoms with Gasteiger partial charge >= 0.3 is 0 Å². The van der Waals surface area contributed by atoms with Crippen molar-refractivity contribution in [2.24, 2.45) is 0 Å². The smallest absolute Gasteiger partial charge is 0.229 e. The maximum Gasteiger partial charge on any atom is 0.229 e. The summed E-state index contributed by atoms with van der Waals surface area (Å²) in [6.45, 7) is 4.04. The Morgan fingerprint density at radius 2 is 1.69 bits per heavy atom. The first-order valence-corrected chi connectivity index (χ1v) is 5.27. The van der Waals surface area contributed by atoms with Crippen LogP contribution >= 0.6 is 0 Å². The zero-order valence-corrected chi connectivity index (χ0v) is 9.81. The molecule has 0 unspecified atom stereocenters. The standard InChI is InChI=1S/C13H15N3/c1-10-4-6-12(7-5-10)16(3)13-14-9-8-11(2)15-13/h4-9H,1-3H3. The first kappa shape index (κ1) is 10.6. The van der Waals surface area contributed by atoms with Gasteiger partial charge in [0.15, 0.2) is 0 Å². The van der Waals surface area contributed by atoms with E-state index >= 15 is 0 Å². The molecule has 16 heavy (non-hydrogen) atoms. The van der Waals surface area contributed by atoms with E-state index in [2.05, 4.69) is 41.2 Å². The topological polar surface area (TPSA) is 29.0 Å². The average molecular weight is 213 g/mol. The maximum atomic E-state index is 4.39. The third kappa shape index (κ3) is 2.19. The highest BCUT2D eigenvalue weighted by Crippen LogP contribution is 2.19. The Morgan fingerprint density at radius 1 is 1.00 bits per heavy atom. The summed E-state index contributed by atoms with van der Waals surface area (Å²) in [5, 5.41) is 0. The minimum Gasteiger partial charge on any atom is -0.314 e. The van der Waals surface area contributed by atoms with Crippen molar-refractivity contribution >= 4 is 11.6 Å². The maximum absolute atomic E-state index is 4.39. The van der Waals surface area contributed by atoms with Gasteiger partial charge in [0.1, 0.15) is 0 Å². The second kappa shape index (κ2) is 4.31. The molecule has 0 N–H and O–H groups in total. The molecule has 3 nitrogen and oxygen atoms in total. The van der Waals surface area contributed by atoms with Crippen molar-refractivity contribution in [1.82, 2.24) is 9.97 Å². The first-order chi connectivity index (χ1) is 7.66. The number of benzene rings is 1. The molecule has 3 heteroatoms. The quantitative estimate of drug-likeness (QED) is 0.768. The fourth-order valence-electron chi connectivity index (χ4n) is 1.48. The van der Waals surface area contributed by atoms with Gasteiger partial charge < -0.3 is 4.90 Å². The zero-order chi connectivity index (χ0) is 11.5. The van der Waals surface area contributed by atoms with Gasteiger partial charge in [-0.1, -0.05) is 17.7 Å². The largest absolute Gasteiger partial charge is 0.314 e. The van der Waals surface area contributed by atoms with Crippen molar-refractivity contribution in [2.45, 2.75) is 13.8 Å². The molecule has 0 saturated carbocycles. The zero-order valence-electron chi connectivity index (χ0n) is 9.81. The van der Waals surface area contributed by atoms with Crippen molar-refractivity contribution in [1.29, 1.82) is 0 Å². The summed E-state index contributed by atoms with van der Waals surface area (Å²) in [5.74, 6) is 0.726. The fourth-order valence-corrected chi connectivity index (χ4v) is 1.48. The molecule has 0 aliphatic carbocycles. The Morgan fingerprint density at radius 3 is 2.31 bits per heavy atom. The molecule has 1 heterocycles. The third-order valence-electron chi connectivity index (χ3n) is 2.50. The Balaban J connectivity index is 2.31. The lowest BCUT2D eigenvalue weighted by molar-refractivity contribution is 1.01. The number of aryl methyl sites for hydroxylation is 2. The van der Waals surface area contributed by atoms with Crippen LogP contribution in [-0.4, -0.2) is 17.0 Å². The third-order valence-corrected chi connectivity index (χ3v) is 2.50. The predicted molar refractivity (Wildman–Crippen MR) is 66.0 cm³/mol. The molecular weight excluding hydrogens is 198 g/mol. The van der Waals surface area contributed by atoms with Gasteiger partial charge in [-0.2, -0.15) is 0 Å². The van der Waals surface area contributed by atoms with E-state index in [4.69, 9.17) is 0 Å². The molecule has 0 saturated heterocycles. The minimum absolute atomic E-state index is 0.726. The predicted octanol–water partition coefficient (Wildman–Crippen LogP) is 2.86. The van der Waals surface area contributed by atoms with E-state index in [1.807, 2.05) is 24.9 Å². The van der Waals surface area contributed by atoms with E-state index in [1.165, 1.54) is 5.56 Å². The van der Waals surface area contributed by atoms with Gasteiger partial charge in [-0.3, -0.25) is 0 Å². The van der Waals surface area contributed by atoms with E-state index in [1.54, 1.807) is 6.20 Å². The fraction of sp³-hybridized carbons (Fsp3) is 0.231. The van der Waals surface area contributed by atoms with Gasteiger partial charge in [0.05, 0.1) is 0 Å². The first-order valence-electron chi connectivity index (χ1n) is 5.27. The summed E-state index contributed by atoms with van der Waals surface area (Å²) < 4.78 is 0. The second-order valence-corrected chi connectivity index (χ2v) is 3.89. The van der Waals surface area contributed by atoms with Crippen molar-refractivity contribution in [3.8, 4) is 0 Å².